The molecule has 0 aliphatic heterocycles. The third-order valence-electron chi connectivity index (χ3n) is 4.09. The molecule has 2 atom stereocenters. The highest BCUT2D eigenvalue weighted by Crippen LogP contribution is 2.45. The van der Waals surface area contributed by atoms with Crippen LogP contribution in [0.25, 0.3) is 0 Å². The molecule has 1 saturated carbocycles. The first-order chi connectivity index (χ1) is 9.55. The largest absolute Gasteiger partial charge is 0.354 e. The van der Waals surface area contributed by atoms with Gasteiger partial charge in [-0.2, -0.15) is 0 Å². The molecule has 0 aromatic rings. The van der Waals surface area contributed by atoms with Gasteiger partial charge in [-0.05, 0) is 64.3 Å². The monoisotopic (exact) mass is 296 g/mol. The van der Waals surface area contributed by atoms with Crippen molar-refractivity contribution in [3.8, 4) is 0 Å². The van der Waals surface area contributed by atoms with E-state index in [1.807, 2.05) is 0 Å². The Kier molecular flexibility index (Phi) is 6.09. The third kappa shape index (κ3) is 6.25. The first-order valence-electron chi connectivity index (χ1n) is 8.36. The zero-order chi connectivity index (χ0) is 16.3. The van der Waals surface area contributed by atoms with Crippen LogP contribution in [0.1, 0.15) is 67.7 Å². The first kappa shape index (κ1) is 18.3. The summed E-state index contributed by atoms with van der Waals surface area (Å²) in [6, 6.07) is 1.11. The lowest BCUT2D eigenvalue weighted by Gasteiger charge is -2.46. The lowest BCUT2D eigenvalue weighted by Crippen LogP contribution is -2.53. The van der Waals surface area contributed by atoms with Gasteiger partial charge in [0.05, 0.1) is 0 Å². The van der Waals surface area contributed by atoms with Crippen LogP contribution >= 0.6 is 0 Å². The summed E-state index contributed by atoms with van der Waals surface area (Å²) in [6.07, 6.45) is 3.48. The lowest BCUT2D eigenvalue weighted by atomic mass is 9.62. The number of nitrogens with one attached hydrogen (secondary N) is 2. The number of guanidine groups is 1. The third-order valence-corrected chi connectivity index (χ3v) is 4.09. The minimum absolute atomic E-state index is 0.222. The minimum atomic E-state index is 0.222. The van der Waals surface area contributed by atoms with Crippen LogP contribution in [-0.4, -0.2) is 30.6 Å². The molecule has 1 fully saturated rings. The van der Waals surface area contributed by atoms with E-state index in [1.54, 1.807) is 0 Å². The summed E-state index contributed by atoms with van der Waals surface area (Å²) in [5.41, 5.74) is 6.59. The van der Waals surface area contributed by atoms with E-state index in [0.29, 0.717) is 17.5 Å². The van der Waals surface area contributed by atoms with Gasteiger partial charge in [-0.25, -0.2) is 0 Å². The molecule has 1 aliphatic carbocycles. The van der Waals surface area contributed by atoms with E-state index in [2.05, 4.69) is 59.1 Å². The molecule has 1 rings (SSSR count). The van der Waals surface area contributed by atoms with Crippen LogP contribution in [0.4, 0.5) is 0 Å². The van der Waals surface area contributed by atoms with Crippen molar-refractivity contribution in [3.63, 3.8) is 0 Å². The van der Waals surface area contributed by atoms with Gasteiger partial charge in [0, 0.05) is 18.1 Å². The Labute approximate surface area is 131 Å². The molecule has 124 valence electrons. The summed E-state index contributed by atoms with van der Waals surface area (Å²) in [5, 5.41) is 7.09. The van der Waals surface area contributed by atoms with E-state index in [4.69, 9.17) is 10.7 Å². The van der Waals surface area contributed by atoms with Crippen molar-refractivity contribution in [2.75, 3.05) is 6.54 Å². The molecule has 21 heavy (non-hydrogen) atoms. The normalized spacial score (nSPS) is 29.8. The molecule has 4 nitrogen and oxygen atoms in total. The zero-order valence-corrected chi connectivity index (χ0v) is 15.1. The molecule has 1 aliphatic rings. The second-order valence-corrected chi connectivity index (χ2v) is 8.48. The van der Waals surface area contributed by atoms with Gasteiger partial charge in [-0.15, -0.1) is 0 Å². The quantitative estimate of drug-likeness (QED) is 0.552. The Morgan fingerprint density at radius 1 is 1.19 bits per heavy atom. The highest BCUT2D eigenvalue weighted by Gasteiger charge is 2.40. The SMILES string of the molecule is CC(C)/N=C(\NC(C)C)NC1CC(C)(C)CC(C)(CN)C1. The maximum absolute atomic E-state index is 6.04. The molecular weight excluding hydrogens is 260 g/mol. The maximum atomic E-state index is 6.04. The average molecular weight is 297 g/mol. The summed E-state index contributed by atoms with van der Waals surface area (Å²) in [5.74, 6) is 0.932. The summed E-state index contributed by atoms with van der Waals surface area (Å²) >= 11 is 0. The molecule has 0 bridgehead atoms. The molecule has 0 radical (unpaired) electrons. The molecule has 0 aromatic carbocycles. The van der Waals surface area contributed by atoms with Gasteiger partial charge >= 0.3 is 0 Å². The van der Waals surface area contributed by atoms with Gasteiger partial charge in [-0.1, -0.05) is 20.8 Å². The standard InChI is InChI=1S/C17H36N4/c1-12(2)19-15(20-13(3)4)21-14-8-16(5,6)10-17(7,9-14)11-18/h12-14H,8-11,18H2,1-7H3,(H2,19,20,21). The van der Waals surface area contributed by atoms with Gasteiger partial charge in [0.2, 0.25) is 0 Å². The zero-order valence-electron chi connectivity index (χ0n) is 15.1. The highest BCUT2D eigenvalue weighted by molar-refractivity contribution is 5.80. The smallest absolute Gasteiger partial charge is 0.191 e. The average Bonchev–Trinajstić information content (AvgIpc) is 2.23. The fraction of sp³-hybridized carbons (Fsp3) is 0.941. The summed E-state index contributed by atoms with van der Waals surface area (Å²) in [7, 11) is 0. The van der Waals surface area contributed by atoms with Gasteiger partial charge in [-0.3, -0.25) is 4.99 Å². The van der Waals surface area contributed by atoms with Crippen molar-refractivity contribution in [1.29, 1.82) is 0 Å². The number of nitrogens with zero attached hydrogens (tertiary/aromatic N) is 1. The van der Waals surface area contributed by atoms with Crippen molar-refractivity contribution >= 4 is 5.96 Å². The van der Waals surface area contributed by atoms with Crippen molar-refractivity contribution in [2.24, 2.45) is 21.6 Å². The van der Waals surface area contributed by atoms with Gasteiger partial charge in [0.1, 0.15) is 0 Å². The number of aliphatic imine (C=N–C) groups is 1. The first-order valence-corrected chi connectivity index (χ1v) is 8.36. The van der Waals surface area contributed by atoms with E-state index in [0.717, 1.165) is 18.9 Å². The fourth-order valence-corrected chi connectivity index (χ4v) is 3.73. The second kappa shape index (κ2) is 6.99. The van der Waals surface area contributed by atoms with Crippen LogP contribution < -0.4 is 16.4 Å². The van der Waals surface area contributed by atoms with Gasteiger partial charge < -0.3 is 16.4 Å². The number of hydrogen-bond acceptors (Lipinski definition) is 2. The molecule has 0 aromatic heterocycles. The Bertz CT molecular complexity index is 360. The number of rotatable bonds is 4. The highest BCUT2D eigenvalue weighted by atomic mass is 15.2. The molecular formula is C17H36N4. The second-order valence-electron chi connectivity index (χ2n) is 8.48. The molecule has 0 heterocycles. The van der Waals surface area contributed by atoms with E-state index in [-0.39, 0.29) is 11.5 Å². The Morgan fingerprint density at radius 3 is 2.29 bits per heavy atom. The fourth-order valence-electron chi connectivity index (χ4n) is 3.73. The summed E-state index contributed by atoms with van der Waals surface area (Å²) in [6.45, 7) is 16.3. The molecule has 2 unspecified atom stereocenters. The molecule has 0 amide bonds. The molecule has 0 spiro atoms. The maximum Gasteiger partial charge on any atom is 0.191 e. The molecule has 0 saturated heterocycles. The van der Waals surface area contributed by atoms with E-state index in [9.17, 15) is 0 Å². The number of nitrogens with two attached hydrogens (primary N) is 1. The van der Waals surface area contributed by atoms with Crippen molar-refractivity contribution in [2.45, 2.75) is 85.9 Å². The lowest BCUT2D eigenvalue weighted by molar-refractivity contribution is 0.0835. The van der Waals surface area contributed by atoms with Crippen molar-refractivity contribution < 1.29 is 0 Å². The van der Waals surface area contributed by atoms with Gasteiger partial charge in [0.15, 0.2) is 5.96 Å². The topological polar surface area (TPSA) is 62.4 Å². The Balaban J connectivity index is 2.82. The van der Waals surface area contributed by atoms with Crippen LogP contribution in [0, 0.1) is 10.8 Å². The molecule has 4 heteroatoms. The van der Waals surface area contributed by atoms with Crippen molar-refractivity contribution in [1.82, 2.24) is 10.6 Å². The van der Waals surface area contributed by atoms with E-state index >= 15 is 0 Å². The van der Waals surface area contributed by atoms with Crippen LogP contribution in [0.2, 0.25) is 0 Å². The van der Waals surface area contributed by atoms with E-state index in [1.165, 1.54) is 12.8 Å². The Morgan fingerprint density at radius 2 is 1.81 bits per heavy atom. The van der Waals surface area contributed by atoms with Crippen LogP contribution in [0.15, 0.2) is 4.99 Å². The van der Waals surface area contributed by atoms with Crippen molar-refractivity contribution in [3.05, 3.63) is 0 Å². The predicted molar refractivity (Wildman–Crippen MR) is 92.6 cm³/mol. The van der Waals surface area contributed by atoms with Crippen LogP contribution in [0.5, 0.6) is 0 Å². The van der Waals surface area contributed by atoms with Crippen LogP contribution in [-0.2, 0) is 0 Å². The summed E-state index contributed by atoms with van der Waals surface area (Å²) < 4.78 is 0. The predicted octanol–water partition coefficient (Wildman–Crippen LogP) is 2.88. The van der Waals surface area contributed by atoms with Crippen LogP contribution in [0.3, 0.4) is 0 Å². The van der Waals surface area contributed by atoms with Gasteiger partial charge in [0.25, 0.3) is 0 Å². The minimum Gasteiger partial charge on any atom is -0.354 e. The van der Waals surface area contributed by atoms with E-state index < -0.39 is 0 Å². The Hall–Kier alpha value is -0.770. The number of hydrogen-bond donors (Lipinski definition) is 3. The summed E-state index contributed by atoms with van der Waals surface area (Å²) in [4.78, 5) is 4.70. The molecule has 4 N–H and O–H groups in total.